The number of amides is 14. The first-order valence-electron chi connectivity index (χ1n) is 32.3. The molecule has 43 nitrogen and oxygen atoms in total. The number of para-hydroxylation sites is 1. The van der Waals surface area contributed by atoms with Gasteiger partial charge in [-0.05, 0) is 70.4 Å². The molecule has 103 heavy (non-hydrogen) atoms. The van der Waals surface area contributed by atoms with Crippen LogP contribution < -0.4 is 104 Å². The number of guanidine groups is 2. The number of rotatable bonds is 46. The van der Waals surface area contributed by atoms with Crippen LogP contribution in [0.3, 0.4) is 0 Å². The number of nitrogens with zero attached hydrogens (tertiary/aromatic N) is 4. The van der Waals surface area contributed by atoms with E-state index in [2.05, 4.69) is 98.7 Å². The van der Waals surface area contributed by atoms with Gasteiger partial charge in [0.1, 0.15) is 60.4 Å². The standard InChI is InChI=1S/C60H92N26O17/c1-29(47(91)78-30(2)57(101)102)77-50(94)38(11-5-15-70-58(63)64)83-55(99)43(25-87)86-53(97)41(18-31-21-73-36-9-4-3-8-34(31)36)79-46(90)24-74-49(93)37(10-7-17-72-60(67)103)81-51(95)39(12-6-16-71-59(65)66)82-54(98)42(20-33-23-69-28-76-33)84-56(100)44(26-88)85-52(96)40(13-14-45(62)89)80-48(92)35(61)19-32-22-68-27-75-32/h3-4,8-9,21-23,27-30,35,37-44,73,87-88H,5-7,10-20,24-26,61H2,1-2H3,(H2,62,89)(H,68,75)(H,69,76)(H,74,93)(H,77,94)(H,78,91)(H,79,90)(H,80,92)(H,81,95)(H,82,98)(H,83,99)(H,84,100)(H,85,96)(H,86,97)(H,101,102)(H4,63,64,70)(H4,65,66,71)(H3,67,72,103)/t29-,30-,35-,37-,38-,39-,40-,41-,42-,43-,44-/m0/s1. The zero-order chi connectivity index (χ0) is 76.3. The highest BCUT2D eigenvalue weighted by Gasteiger charge is 2.36. The fourth-order valence-corrected chi connectivity index (χ4v) is 9.78. The monoisotopic (exact) mass is 1450 g/mol. The van der Waals surface area contributed by atoms with Crippen molar-refractivity contribution in [2.24, 2.45) is 50.1 Å². The van der Waals surface area contributed by atoms with Gasteiger partial charge < -0.3 is 134 Å². The molecule has 0 radical (unpaired) electrons. The molecule has 3 heterocycles. The van der Waals surface area contributed by atoms with Crippen LogP contribution in [0.4, 0.5) is 4.79 Å². The number of aliphatic hydroxyl groups excluding tert-OH is 2. The second-order valence-electron chi connectivity index (χ2n) is 23.5. The molecule has 0 aliphatic rings. The number of imidazole rings is 2. The number of nitrogens with one attached hydrogen (secondary N) is 15. The van der Waals surface area contributed by atoms with Gasteiger partial charge in [0, 0.05) is 86.2 Å². The average molecular weight is 1450 g/mol. The van der Waals surface area contributed by atoms with Crippen LogP contribution in [0.25, 0.3) is 10.9 Å². The second-order valence-corrected chi connectivity index (χ2v) is 23.5. The summed E-state index contributed by atoms with van der Waals surface area (Å²) in [5.41, 5.74) is 40.5. The third-order valence-electron chi connectivity index (χ3n) is 15.3. The van der Waals surface area contributed by atoms with Gasteiger partial charge >= 0.3 is 12.0 Å². The normalized spacial score (nSPS) is 14.1. The summed E-state index contributed by atoms with van der Waals surface area (Å²) in [6, 6.07) is -11.0. The Balaban J connectivity index is 1.58. The molecule has 14 amide bonds. The van der Waals surface area contributed by atoms with E-state index < -0.39 is 176 Å². The van der Waals surface area contributed by atoms with Crippen molar-refractivity contribution in [2.45, 2.75) is 151 Å². The number of H-pyrrole nitrogens is 3. The smallest absolute Gasteiger partial charge is 0.325 e. The summed E-state index contributed by atoms with van der Waals surface area (Å²) in [5, 5.41) is 59.7. The Hall–Kier alpha value is -12.0. The summed E-state index contributed by atoms with van der Waals surface area (Å²) >= 11 is 0. The molecule has 0 spiro atoms. The number of aliphatic carboxylic acids is 1. The van der Waals surface area contributed by atoms with Crippen LogP contribution in [0, 0.1) is 0 Å². The van der Waals surface area contributed by atoms with Crippen molar-refractivity contribution < 1.29 is 82.4 Å². The number of primary amides is 2. The number of carbonyl (C=O) groups is 14. The first kappa shape index (κ1) is 83.4. The van der Waals surface area contributed by atoms with E-state index in [1.165, 1.54) is 38.9 Å². The number of fused-ring (bicyclic) bond motifs is 1. The van der Waals surface area contributed by atoms with Crippen molar-refractivity contribution >= 4 is 106 Å². The first-order chi connectivity index (χ1) is 48.9. The van der Waals surface area contributed by atoms with Crippen LogP contribution in [0.15, 0.2) is 65.5 Å². The van der Waals surface area contributed by atoms with Gasteiger partial charge in [-0.15, -0.1) is 0 Å². The molecule has 43 heteroatoms. The van der Waals surface area contributed by atoms with Gasteiger partial charge in [0.25, 0.3) is 0 Å². The lowest BCUT2D eigenvalue weighted by molar-refractivity contribution is -0.141. The van der Waals surface area contributed by atoms with Crippen LogP contribution in [-0.2, 0) is 81.6 Å². The van der Waals surface area contributed by atoms with E-state index in [1.54, 1.807) is 30.5 Å². The highest BCUT2D eigenvalue weighted by atomic mass is 16.4. The second kappa shape index (κ2) is 42.8. The zero-order valence-corrected chi connectivity index (χ0v) is 56.5. The first-order valence-corrected chi connectivity index (χ1v) is 32.3. The predicted octanol–water partition coefficient (Wildman–Crippen LogP) is -10.1. The number of hydrogen-bond donors (Lipinski definition) is 25. The van der Waals surface area contributed by atoms with Gasteiger partial charge in [0.15, 0.2) is 11.9 Å². The Morgan fingerprint density at radius 2 is 0.932 bits per heavy atom. The van der Waals surface area contributed by atoms with Crippen molar-refractivity contribution in [3.63, 3.8) is 0 Å². The molecule has 564 valence electrons. The maximum atomic E-state index is 14.5. The molecule has 0 aliphatic heterocycles. The molecule has 11 atom stereocenters. The highest BCUT2D eigenvalue weighted by molar-refractivity contribution is 5.99. The number of aliphatic hydroxyl groups is 2. The Morgan fingerprint density at radius 3 is 1.44 bits per heavy atom. The lowest BCUT2D eigenvalue weighted by Gasteiger charge is -2.27. The maximum Gasteiger partial charge on any atom is 0.325 e. The Labute approximate surface area is 587 Å². The van der Waals surface area contributed by atoms with E-state index in [9.17, 15) is 82.4 Å². The molecule has 0 unspecified atom stereocenters. The van der Waals surface area contributed by atoms with Crippen molar-refractivity contribution in [3.8, 4) is 0 Å². The molecule has 0 fully saturated rings. The number of hydrogen-bond acceptors (Lipinski definition) is 21. The van der Waals surface area contributed by atoms with E-state index in [1.807, 2.05) is 0 Å². The van der Waals surface area contributed by atoms with Crippen LogP contribution in [0.5, 0.6) is 0 Å². The molecule has 0 saturated carbocycles. The quantitative estimate of drug-likeness (QED) is 0.0111. The minimum absolute atomic E-state index is 0.0109. The molecule has 4 rings (SSSR count). The van der Waals surface area contributed by atoms with Crippen molar-refractivity contribution in [1.29, 1.82) is 0 Å². The van der Waals surface area contributed by atoms with Gasteiger partial charge in [-0.2, -0.15) is 0 Å². The fraction of sp³-hybridized carbons (Fsp3) is 0.500. The largest absolute Gasteiger partial charge is 0.480 e. The molecule has 3 aromatic heterocycles. The van der Waals surface area contributed by atoms with Crippen LogP contribution in [0.1, 0.15) is 82.2 Å². The SMILES string of the molecule is C[C@H](NC(=O)[C@H](C)NC(=O)[C@H](CCCN=C(N)N)NC(=O)[C@H](CO)NC(=O)[C@H](Cc1c[nH]c2ccccc12)NC(=O)CNC(=O)[C@H](CCCNC(N)=O)NC(=O)[C@H](CCCN=C(N)N)NC(=O)[C@H](Cc1cnc[nH]1)NC(=O)[C@H](CO)NC(=O)[C@H](CCC(N)=O)NC(=O)[C@@H](N)Cc1cnc[nH]1)C(=O)O. The van der Waals surface area contributed by atoms with Gasteiger partial charge in [0.2, 0.25) is 70.9 Å². The highest BCUT2D eigenvalue weighted by Crippen LogP contribution is 2.20. The van der Waals surface area contributed by atoms with E-state index in [-0.39, 0.29) is 101 Å². The van der Waals surface area contributed by atoms with Crippen molar-refractivity contribution in [3.05, 3.63) is 72.5 Å². The summed E-state index contributed by atoms with van der Waals surface area (Å²) in [6.07, 6.45) is 4.70. The predicted molar refractivity (Wildman–Crippen MR) is 365 cm³/mol. The van der Waals surface area contributed by atoms with E-state index in [0.29, 0.717) is 22.2 Å². The molecular formula is C60H92N26O17. The number of aromatic amines is 3. The Kier molecular flexibility index (Phi) is 34.7. The van der Waals surface area contributed by atoms with Crippen LogP contribution in [-0.4, -0.2) is 241 Å². The Bertz CT molecular complexity index is 3600. The molecule has 4 aromatic rings. The number of aromatic nitrogens is 5. The summed E-state index contributed by atoms with van der Waals surface area (Å²) in [5.74, 6) is -14.0. The summed E-state index contributed by atoms with van der Waals surface area (Å²) in [6.45, 7) is -0.887. The number of aliphatic imine (C=N–C) groups is 2. The van der Waals surface area contributed by atoms with Crippen LogP contribution in [0.2, 0.25) is 0 Å². The summed E-state index contributed by atoms with van der Waals surface area (Å²) in [7, 11) is 0. The molecule has 0 aliphatic carbocycles. The third-order valence-corrected chi connectivity index (χ3v) is 15.3. The van der Waals surface area contributed by atoms with Gasteiger partial charge in [-0.3, -0.25) is 72.3 Å². The topological polar surface area (TPSA) is 724 Å². The summed E-state index contributed by atoms with van der Waals surface area (Å²) < 4.78 is 0. The number of urea groups is 1. The fourth-order valence-electron chi connectivity index (χ4n) is 9.78. The van der Waals surface area contributed by atoms with Gasteiger partial charge in [0.05, 0.1) is 38.5 Å². The lowest BCUT2D eigenvalue weighted by atomic mass is 10.0. The van der Waals surface area contributed by atoms with Gasteiger partial charge in [-0.1, -0.05) is 18.2 Å². The minimum Gasteiger partial charge on any atom is -0.480 e. The molecular weight excluding hydrogens is 1360 g/mol. The zero-order valence-electron chi connectivity index (χ0n) is 56.5. The Morgan fingerprint density at radius 1 is 0.485 bits per heavy atom. The van der Waals surface area contributed by atoms with E-state index >= 15 is 0 Å². The number of carbonyl (C=O) groups excluding carboxylic acids is 13. The maximum absolute atomic E-state index is 14.5. The third kappa shape index (κ3) is 29.8. The molecule has 32 N–H and O–H groups in total. The number of carboxylic acid groups (broad SMARTS) is 1. The minimum atomic E-state index is -1.83. The summed E-state index contributed by atoms with van der Waals surface area (Å²) in [4.78, 5) is 212. The lowest BCUT2D eigenvalue weighted by Crippen LogP contribution is -2.60. The van der Waals surface area contributed by atoms with Crippen molar-refractivity contribution in [1.82, 2.24) is 88.7 Å². The number of nitrogens with two attached hydrogens (primary N) is 7. The van der Waals surface area contributed by atoms with Crippen LogP contribution >= 0.6 is 0 Å². The molecule has 0 bridgehead atoms. The van der Waals surface area contributed by atoms with Gasteiger partial charge in [-0.25, -0.2) is 14.8 Å². The molecule has 0 saturated heterocycles. The van der Waals surface area contributed by atoms with E-state index in [0.717, 1.165) is 0 Å². The van der Waals surface area contributed by atoms with E-state index in [4.69, 9.17) is 40.1 Å². The number of carboxylic acids is 1. The number of benzene rings is 1. The average Bonchev–Trinajstić information content (AvgIpc) is 1.67. The molecule has 1 aromatic carbocycles. The van der Waals surface area contributed by atoms with Crippen molar-refractivity contribution in [2.75, 3.05) is 39.4 Å².